The van der Waals surface area contributed by atoms with Crippen LogP contribution in [0.5, 0.6) is 11.5 Å². The van der Waals surface area contributed by atoms with Gasteiger partial charge in [-0.1, -0.05) is 38.1 Å². The van der Waals surface area contributed by atoms with Crippen LogP contribution in [0.2, 0.25) is 0 Å². The van der Waals surface area contributed by atoms with Crippen molar-refractivity contribution in [2.24, 2.45) is 0 Å². The molecule has 3 aromatic rings. The minimum Gasteiger partial charge on any atom is -0.497 e. The molecule has 0 N–H and O–H groups in total. The molecule has 8 heteroatoms. The van der Waals surface area contributed by atoms with Crippen molar-refractivity contribution in [2.45, 2.75) is 19.8 Å². The summed E-state index contributed by atoms with van der Waals surface area (Å²) in [4.78, 5) is 34.2. The molecule has 0 saturated carbocycles. The molecular formula is C26H29N3O4S. The van der Waals surface area contributed by atoms with Crippen molar-refractivity contribution in [3.63, 3.8) is 0 Å². The third-order valence-electron chi connectivity index (χ3n) is 6.04. The fraction of sp³-hybridized carbons (Fsp3) is 0.346. The second-order valence-corrected chi connectivity index (χ2v) is 9.32. The number of methoxy groups -OCH3 is 2. The van der Waals surface area contributed by atoms with Crippen molar-refractivity contribution in [1.29, 1.82) is 0 Å². The Balaban J connectivity index is 1.39. The average molecular weight is 480 g/mol. The van der Waals surface area contributed by atoms with Crippen molar-refractivity contribution in [2.75, 3.05) is 40.4 Å². The Hall–Kier alpha value is -3.39. The van der Waals surface area contributed by atoms with Crippen LogP contribution in [0.15, 0.2) is 47.8 Å². The van der Waals surface area contributed by atoms with Gasteiger partial charge in [0.2, 0.25) is 0 Å². The lowest BCUT2D eigenvalue weighted by molar-refractivity contribution is 0.0531. The fourth-order valence-corrected chi connectivity index (χ4v) is 4.74. The predicted octanol–water partition coefficient (Wildman–Crippen LogP) is 4.55. The number of carbonyl (C=O) groups is 2. The van der Waals surface area contributed by atoms with E-state index in [0.29, 0.717) is 54.9 Å². The first-order valence-corrected chi connectivity index (χ1v) is 12.2. The Morgan fingerprint density at radius 2 is 1.56 bits per heavy atom. The Labute approximate surface area is 203 Å². The van der Waals surface area contributed by atoms with Crippen LogP contribution in [0.3, 0.4) is 0 Å². The number of amides is 2. The van der Waals surface area contributed by atoms with E-state index in [4.69, 9.17) is 9.47 Å². The standard InChI is InChI=1S/C26H29N3O4S/c1-17(2)18-5-7-19(8-6-18)24-27-22(16-34-24)26(31)29-13-11-28(12-14-29)25(30)21-10-9-20(32-3)15-23(21)33-4/h5-10,15-17H,11-14H2,1-4H3. The zero-order valence-corrected chi connectivity index (χ0v) is 20.7. The molecule has 2 aromatic carbocycles. The number of ether oxygens (including phenoxy) is 2. The first kappa shape index (κ1) is 23.8. The minimum atomic E-state index is -0.118. The van der Waals surface area contributed by atoms with Gasteiger partial charge >= 0.3 is 0 Å². The molecule has 0 unspecified atom stereocenters. The number of carbonyl (C=O) groups excluding carboxylic acids is 2. The summed E-state index contributed by atoms with van der Waals surface area (Å²) in [6, 6.07) is 13.5. The van der Waals surface area contributed by atoms with E-state index in [1.165, 1.54) is 24.0 Å². The van der Waals surface area contributed by atoms with E-state index in [9.17, 15) is 9.59 Å². The number of rotatable bonds is 6. The molecule has 2 amide bonds. The molecule has 0 bridgehead atoms. The van der Waals surface area contributed by atoms with E-state index in [2.05, 4.69) is 43.1 Å². The average Bonchev–Trinajstić information content (AvgIpc) is 3.38. The summed E-state index contributed by atoms with van der Waals surface area (Å²) in [6.07, 6.45) is 0. The van der Waals surface area contributed by atoms with Gasteiger partial charge in [0.1, 0.15) is 22.2 Å². The molecule has 0 aliphatic carbocycles. The van der Waals surface area contributed by atoms with Gasteiger partial charge in [-0.15, -0.1) is 11.3 Å². The van der Waals surface area contributed by atoms with Crippen LogP contribution in [-0.4, -0.2) is 67.0 Å². The van der Waals surface area contributed by atoms with Crippen LogP contribution in [0.25, 0.3) is 10.6 Å². The highest BCUT2D eigenvalue weighted by Crippen LogP contribution is 2.28. The summed E-state index contributed by atoms with van der Waals surface area (Å²) >= 11 is 1.47. The molecule has 1 aromatic heterocycles. The number of hydrogen-bond acceptors (Lipinski definition) is 6. The van der Waals surface area contributed by atoms with Gasteiger partial charge < -0.3 is 19.3 Å². The molecular weight excluding hydrogens is 450 g/mol. The summed E-state index contributed by atoms with van der Waals surface area (Å²) in [5.74, 6) is 1.35. The monoisotopic (exact) mass is 479 g/mol. The number of piperazine rings is 1. The maximum atomic E-state index is 13.0. The van der Waals surface area contributed by atoms with Gasteiger partial charge in [-0.25, -0.2) is 4.98 Å². The van der Waals surface area contributed by atoms with Crippen molar-refractivity contribution >= 4 is 23.2 Å². The first-order valence-electron chi connectivity index (χ1n) is 11.3. The Kier molecular flexibility index (Phi) is 7.17. The molecule has 4 rings (SSSR count). The molecule has 0 spiro atoms. The molecule has 2 heterocycles. The Morgan fingerprint density at radius 3 is 2.15 bits per heavy atom. The highest BCUT2D eigenvalue weighted by molar-refractivity contribution is 7.13. The summed E-state index contributed by atoms with van der Waals surface area (Å²) in [5, 5.41) is 2.65. The van der Waals surface area contributed by atoms with E-state index in [1.54, 1.807) is 35.1 Å². The molecule has 1 aliphatic heterocycles. The molecule has 7 nitrogen and oxygen atoms in total. The van der Waals surface area contributed by atoms with Gasteiger partial charge in [-0.2, -0.15) is 0 Å². The highest BCUT2D eigenvalue weighted by atomic mass is 32.1. The second-order valence-electron chi connectivity index (χ2n) is 8.47. The van der Waals surface area contributed by atoms with Gasteiger partial charge in [0.05, 0.1) is 19.8 Å². The number of benzene rings is 2. The van der Waals surface area contributed by atoms with E-state index in [-0.39, 0.29) is 11.8 Å². The topological polar surface area (TPSA) is 72.0 Å². The highest BCUT2D eigenvalue weighted by Gasteiger charge is 2.28. The molecule has 0 atom stereocenters. The molecule has 1 fully saturated rings. The van der Waals surface area contributed by atoms with Gasteiger partial charge in [-0.05, 0) is 23.6 Å². The van der Waals surface area contributed by atoms with Crippen molar-refractivity contribution in [3.05, 3.63) is 64.7 Å². The smallest absolute Gasteiger partial charge is 0.273 e. The summed E-state index contributed by atoms with van der Waals surface area (Å²) in [7, 11) is 3.10. The number of thiazole rings is 1. The number of nitrogens with zero attached hydrogens (tertiary/aromatic N) is 3. The van der Waals surface area contributed by atoms with Gasteiger partial charge in [0.15, 0.2) is 0 Å². The summed E-state index contributed by atoms with van der Waals surface area (Å²) in [6.45, 7) is 6.14. The molecule has 0 radical (unpaired) electrons. The van der Waals surface area contributed by atoms with Gasteiger partial charge in [-0.3, -0.25) is 9.59 Å². The van der Waals surface area contributed by atoms with Crippen LogP contribution in [-0.2, 0) is 0 Å². The minimum absolute atomic E-state index is 0.101. The lowest BCUT2D eigenvalue weighted by Crippen LogP contribution is -2.50. The normalized spacial score (nSPS) is 13.8. The van der Waals surface area contributed by atoms with E-state index in [1.807, 2.05) is 5.38 Å². The zero-order valence-electron chi connectivity index (χ0n) is 19.9. The van der Waals surface area contributed by atoms with Gasteiger partial charge in [0, 0.05) is 43.2 Å². The van der Waals surface area contributed by atoms with Crippen molar-refractivity contribution in [1.82, 2.24) is 14.8 Å². The van der Waals surface area contributed by atoms with E-state index < -0.39 is 0 Å². The third kappa shape index (κ3) is 4.92. The van der Waals surface area contributed by atoms with Crippen molar-refractivity contribution < 1.29 is 19.1 Å². The SMILES string of the molecule is COc1ccc(C(=O)N2CCN(C(=O)c3csc(-c4ccc(C(C)C)cc4)n3)CC2)c(OC)c1. The third-order valence-corrected chi connectivity index (χ3v) is 6.93. The lowest BCUT2D eigenvalue weighted by atomic mass is 10.0. The summed E-state index contributed by atoms with van der Waals surface area (Å²) < 4.78 is 10.6. The maximum Gasteiger partial charge on any atom is 0.273 e. The zero-order chi connectivity index (χ0) is 24.2. The number of hydrogen-bond donors (Lipinski definition) is 0. The first-order chi connectivity index (χ1) is 16.4. The molecule has 178 valence electrons. The molecule has 1 saturated heterocycles. The lowest BCUT2D eigenvalue weighted by Gasteiger charge is -2.34. The quantitative estimate of drug-likeness (QED) is 0.519. The Bertz CT molecular complexity index is 1170. The van der Waals surface area contributed by atoms with Crippen LogP contribution in [0.1, 0.15) is 46.2 Å². The van der Waals surface area contributed by atoms with Crippen LogP contribution >= 0.6 is 11.3 Å². The van der Waals surface area contributed by atoms with E-state index >= 15 is 0 Å². The fourth-order valence-electron chi connectivity index (χ4n) is 3.94. The van der Waals surface area contributed by atoms with Crippen LogP contribution < -0.4 is 9.47 Å². The van der Waals surface area contributed by atoms with E-state index in [0.717, 1.165) is 10.6 Å². The van der Waals surface area contributed by atoms with Crippen molar-refractivity contribution in [3.8, 4) is 22.1 Å². The molecule has 34 heavy (non-hydrogen) atoms. The molecule has 1 aliphatic rings. The second kappa shape index (κ2) is 10.3. The Morgan fingerprint density at radius 1 is 0.912 bits per heavy atom. The number of aromatic nitrogens is 1. The van der Waals surface area contributed by atoms with Gasteiger partial charge in [0.25, 0.3) is 11.8 Å². The summed E-state index contributed by atoms with van der Waals surface area (Å²) in [5.41, 5.74) is 3.22. The van der Waals surface area contributed by atoms with Crippen LogP contribution in [0, 0.1) is 0 Å². The predicted molar refractivity (Wildman–Crippen MR) is 133 cm³/mol. The maximum absolute atomic E-state index is 13.0. The van der Waals surface area contributed by atoms with Crippen LogP contribution in [0.4, 0.5) is 0 Å². The largest absolute Gasteiger partial charge is 0.497 e.